The van der Waals surface area contributed by atoms with Crippen molar-refractivity contribution in [1.29, 1.82) is 0 Å². The van der Waals surface area contributed by atoms with Gasteiger partial charge in [0.1, 0.15) is 5.82 Å². The lowest BCUT2D eigenvalue weighted by Gasteiger charge is -2.39. The molecule has 0 aliphatic heterocycles. The predicted octanol–water partition coefficient (Wildman–Crippen LogP) is 2.45. The van der Waals surface area contributed by atoms with Crippen LogP contribution in [0.1, 0.15) is 44.0 Å². The molecular formula is C14H23N3O. The van der Waals surface area contributed by atoms with Gasteiger partial charge in [-0.2, -0.15) is 0 Å². The first-order valence-corrected chi connectivity index (χ1v) is 6.74. The van der Waals surface area contributed by atoms with Crippen molar-refractivity contribution in [2.45, 2.75) is 52.0 Å². The van der Waals surface area contributed by atoms with Crippen molar-refractivity contribution in [2.24, 2.45) is 5.92 Å². The standard InChI is InChI=1S/C14H23N3O/c1-10-4-6-14(9-18,7-5-10)17-13-12(3)15-8-11(2)16-13/h8,10,18H,4-7,9H2,1-3H3,(H,16,17). The Bertz CT molecular complexity index is 412. The Morgan fingerprint density at radius 3 is 2.67 bits per heavy atom. The summed E-state index contributed by atoms with van der Waals surface area (Å²) in [6.45, 7) is 6.32. The molecule has 4 heteroatoms. The topological polar surface area (TPSA) is 58.0 Å². The molecular weight excluding hydrogens is 226 g/mol. The second kappa shape index (κ2) is 5.22. The third-order valence-electron chi connectivity index (χ3n) is 3.99. The number of anilines is 1. The quantitative estimate of drug-likeness (QED) is 0.864. The Morgan fingerprint density at radius 2 is 2.06 bits per heavy atom. The first-order valence-electron chi connectivity index (χ1n) is 6.74. The molecule has 0 radical (unpaired) electrons. The summed E-state index contributed by atoms with van der Waals surface area (Å²) < 4.78 is 0. The zero-order chi connectivity index (χ0) is 13.2. The van der Waals surface area contributed by atoms with Crippen LogP contribution in [0.4, 0.5) is 5.82 Å². The normalized spacial score (nSPS) is 28.1. The number of aliphatic hydroxyl groups excluding tert-OH is 1. The van der Waals surface area contributed by atoms with Crippen molar-refractivity contribution in [3.63, 3.8) is 0 Å². The Labute approximate surface area is 109 Å². The van der Waals surface area contributed by atoms with E-state index in [1.54, 1.807) is 6.20 Å². The number of hydrogen-bond acceptors (Lipinski definition) is 4. The molecule has 0 saturated heterocycles. The van der Waals surface area contributed by atoms with Crippen LogP contribution in [0.15, 0.2) is 6.20 Å². The van der Waals surface area contributed by atoms with Crippen LogP contribution in [0.2, 0.25) is 0 Å². The fourth-order valence-electron chi connectivity index (χ4n) is 2.54. The molecule has 1 aromatic heterocycles. The van der Waals surface area contributed by atoms with Crippen molar-refractivity contribution < 1.29 is 5.11 Å². The van der Waals surface area contributed by atoms with Gasteiger partial charge < -0.3 is 10.4 Å². The lowest BCUT2D eigenvalue weighted by Crippen LogP contribution is -2.45. The van der Waals surface area contributed by atoms with Gasteiger partial charge in [0.05, 0.1) is 23.5 Å². The molecule has 1 heterocycles. The van der Waals surface area contributed by atoms with Gasteiger partial charge >= 0.3 is 0 Å². The van der Waals surface area contributed by atoms with E-state index in [-0.39, 0.29) is 12.1 Å². The maximum absolute atomic E-state index is 9.74. The van der Waals surface area contributed by atoms with Crippen molar-refractivity contribution in [3.05, 3.63) is 17.6 Å². The molecule has 0 unspecified atom stereocenters. The highest BCUT2D eigenvalue weighted by Crippen LogP contribution is 2.34. The van der Waals surface area contributed by atoms with E-state index in [4.69, 9.17) is 0 Å². The summed E-state index contributed by atoms with van der Waals surface area (Å²) in [5.41, 5.74) is 1.59. The zero-order valence-corrected chi connectivity index (χ0v) is 11.5. The molecule has 2 rings (SSSR count). The molecule has 0 spiro atoms. The molecule has 1 aromatic rings. The largest absolute Gasteiger partial charge is 0.394 e. The number of nitrogens with one attached hydrogen (secondary N) is 1. The summed E-state index contributed by atoms with van der Waals surface area (Å²) in [6.07, 6.45) is 6.09. The molecule has 0 amide bonds. The lowest BCUT2D eigenvalue weighted by atomic mass is 9.77. The molecule has 4 nitrogen and oxygen atoms in total. The molecule has 0 bridgehead atoms. The third-order valence-corrected chi connectivity index (χ3v) is 3.99. The molecule has 100 valence electrons. The number of aromatic nitrogens is 2. The van der Waals surface area contributed by atoms with Gasteiger partial charge in [0, 0.05) is 6.20 Å². The van der Waals surface area contributed by atoms with E-state index in [1.165, 1.54) is 0 Å². The lowest BCUT2D eigenvalue weighted by molar-refractivity contribution is 0.155. The summed E-state index contributed by atoms with van der Waals surface area (Å²) in [7, 11) is 0. The Hall–Kier alpha value is -1.16. The van der Waals surface area contributed by atoms with Gasteiger partial charge in [0.25, 0.3) is 0 Å². The molecule has 2 N–H and O–H groups in total. The van der Waals surface area contributed by atoms with Crippen LogP contribution >= 0.6 is 0 Å². The van der Waals surface area contributed by atoms with E-state index in [9.17, 15) is 5.11 Å². The van der Waals surface area contributed by atoms with Crippen LogP contribution in [-0.2, 0) is 0 Å². The van der Waals surface area contributed by atoms with Gasteiger partial charge in [-0.3, -0.25) is 4.98 Å². The third kappa shape index (κ3) is 2.80. The number of rotatable bonds is 3. The number of hydrogen-bond donors (Lipinski definition) is 2. The fourth-order valence-corrected chi connectivity index (χ4v) is 2.54. The highest BCUT2D eigenvalue weighted by atomic mass is 16.3. The van der Waals surface area contributed by atoms with Gasteiger partial charge in [0.2, 0.25) is 0 Å². The summed E-state index contributed by atoms with van der Waals surface area (Å²) >= 11 is 0. The van der Waals surface area contributed by atoms with Crippen LogP contribution in [0.3, 0.4) is 0 Å². The molecule has 0 atom stereocenters. The van der Waals surface area contributed by atoms with Crippen LogP contribution in [0.25, 0.3) is 0 Å². The molecule has 0 aromatic carbocycles. The van der Waals surface area contributed by atoms with E-state index < -0.39 is 0 Å². The molecule has 1 aliphatic carbocycles. The molecule has 1 saturated carbocycles. The maximum atomic E-state index is 9.74. The van der Waals surface area contributed by atoms with Crippen LogP contribution in [0, 0.1) is 19.8 Å². The zero-order valence-electron chi connectivity index (χ0n) is 11.5. The summed E-state index contributed by atoms with van der Waals surface area (Å²) in [6, 6.07) is 0. The Balaban J connectivity index is 2.17. The summed E-state index contributed by atoms with van der Waals surface area (Å²) in [4.78, 5) is 8.81. The van der Waals surface area contributed by atoms with Crippen molar-refractivity contribution in [1.82, 2.24) is 9.97 Å². The van der Waals surface area contributed by atoms with Gasteiger partial charge in [-0.15, -0.1) is 0 Å². The first kappa shape index (κ1) is 13.3. The minimum absolute atomic E-state index is 0.161. The summed E-state index contributed by atoms with van der Waals surface area (Å²) in [5, 5.41) is 13.2. The fraction of sp³-hybridized carbons (Fsp3) is 0.714. The van der Waals surface area contributed by atoms with E-state index in [1.807, 2.05) is 13.8 Å². The number of aliphatic hydroxyl groups is 1. The van der Waals surface area contributed by atoms with Crippen LogP contribution in [0.5, 0.6) is 0 Å². The van der Waals surface area contributed by atoms with E-state index in [2.05, 4.69) is 22.2 Å². The number of nitrogens with zero attached hydrogens (tertiary/aromatic N) is 2. The van der Waals surface area contributed by atoms with Crippen LogP contribution < -0.4 is 5.32 Å². The highest BCUT2D eigenvalue weighted by molar-refractivity contribution is 5.42. The minimum Gasteiger partial charge on any atom is -0.394 e. The number of aryl methyl sites for hydroxylation is 2. The maximum Gasteiger partial charge on any atom is 0.148 e. The average Bonchev–Trinajstić information content (AvgIpc) is 2.37. The highest BCUT2D eigenvalue weighted by Gasteiger charge is 2.34. The van der Waals surface area contributed by atoms with E-state index in [0.717, 1.165) is 48.8 Å². The van der Waals surface area contributed by atoms with Gasteiger partial charge in [0.15, 0.2) is 0 Å². The second-order valence-corrected chi connectivity index (χ2v) is 5.69. The summed E-state index contributed by atoms with van der Waals surface area (Å²) in [5.74, 6) is 1.58. The van der Waals surface area contributed by atoms with Gasteiger partial charge in [-0.1, -0.05) is 6.92 Å². The van der Waals surface area contributed by atoms with Gasteiger partial charge in [-0.25, -0.2) is 4.98 Å². The first-order chi connectivity index (χ1) is 8.54. The monoisotopic (exact) mass is 249 g/mol. The van der Waals surface area contributed by atoms with Crippen molar-refractivity contribution >= 4 is 5.82 Å². The minimum atomic E-state index is -0.209. The smallest absolute Gasteiger partial charge is 0.148 e. The van der Waals surface area contributed by atoms with Crippen molar-refractivity contribution in [2.75, 3.05) is 11.9 Å². The molecule has 18 heavy (non-hydrogen) atoms. The second-order valence-electron chi connectivity index (χ2n) is 5.69. The SMILES string of the molecule is Cc1cnc(C)c(NC2(CO)CCC(C)CC2)n1. The van der Waals surface area contributed by atoms with Gasteiger partial charge in [-0.05, 0) is 45.4 Å². The van der Waals surface area contributed by atoms with Crippen LogP contribution in [-0.4, -0.2) is 27.2 Å². The average molecular weight is 249 g/mol. The molecule has 1 fully saturated rings. The van der Waals surface area contributed by atoms with E-state index in [0.29, 0.717) is 0 Å². The molecule has 1 aliphatic rings. The Kier molecular flexibility index (Phi) is 3.85. The van der Waals surface area contributed by atoms with Crippen molar-refractivity contribution in [3.8, 4) is 0 Å². The Morgan fingerprint density at radius 1 is 1.39 bits per heavy atom. The van der Waals surface area contributed by atoms with E-state index >= 15 is 0 Å². The predicted molar refractivity (Wildman–Crippen MR) is 72.6 cm³/mol.